The number of aromatic nitrogens is 1. The first-order valence-corrected chi connectivity index (χ1v) is 9.16. The number of carbonyl (C=O) groups is 1. The van der Waals surface area contributed by atoms with Gasteiger partial charge >= 0.3 is 0 Å². The molecular formula is C16H20N2O4S. The van der Waals surface area contributed by atoms with E-state index in [9.17, 15) is 13.2 Å². The monoisotopic (exact) mass is 336 g/mol. The van der Waals surface area contributed by atoms with Gasteiger partial charge in [-0.2, -0.15) is 0 Å². The number of nitrogens with zero attached hydrogens (tertiary/aromatic N) is 1. The van der Waals surface area contributed by atoms with Crippen LogP contribution in [0.4, 0.5) is 0 Å². The van der Waals surface area contributed by atoms with Crippen LogP contribution in [0.25, 0.3) is 11.3 Å². The fourth-order valence-electron chi connectivity index (χ4n) is 2.00. The van der Waals surface area contributed by atoms with Crippen LogP contribution >= 0.6 is 0 Å². The molecule has 2 aromatic rings. The van der Waals surface area contributed by atoms with Crippen molar-refractivity contribution in [1.29, 1.82) is 0 Å². The van der Waals surface area contributed by atoms with E-state index in [1.54, 1.807) is 6.07 Å². The molecule has 6 nitrogen and oxygen atoms in total. The van der Waals surface area contributed by atoms with Gasteiger partial charge in [0.2, 0.25) is 5.91 Å². The lowest BCUT2D eigenvalue weighted by molar-refractivity contribution is -0.120. The zero-order chi connectivity index (χ0) is 16.9. The highest BCUT2D eigenvalue weighted by atomic mass is 32.2. The summed E-state index contributed by atoms with van der Waals surface area (Å²) in [6.07, 6.45) is 0.752. The smallest absolute Gasteiger partial charge is 0.238 e. The van der Waals surface area contributed by atoms with Crippen LogP contribution in [-0.2, 0) is 20.4 Å². The van der Waals surface area contributed by atoms with Crippen molar-refractivity contribution in [2.75, 3.05) is 6.54 Å². The zero-order valence-corrected chi connectivity index (χ0v) is 14.0. The molecule has 124 valence electrons. The van der Waals surface area contributed by atoms with Gasteiger partial charge in [0, 0.05) is 18.2 Å². The summed E-state index contributed by atoms with van der Waals surface area (Å²) in [7, 11) is -3.65. The van der Waals surface area contributed by atoms with Crippen LogP contribution in [0.5, 0.6) is 0 Å². The predicted molar refractivity (Wildman–Crippen MR) is 87.3 cm³/mol. The molecule has 0 saturated carbocycles. The minimum Gasteiger partial charge on any atom is -0.356 e. The van der Waals surface area contributed by atoms with Crippen molar-refractivity contribution in [2.45, 2.75) is 31.3 Å². The van der Waals surface area contributed by atoms with Crippen LogP contribution in [0.2, 0.25) is 0 Å². The van der Waals surface area contributed by atoms with Crippen molar-refractivity contribution in [3.8, 4) is 11.3 Å². The van der Waals surface area contributed by atoms with Crippen LogP contribution < -0.4 is 5.32 Å². The van der Waals surface area contributed by atoms with Gasteiger partial charge in [0.15, 0.2) is 15.6 Å². The topological polar surface area (TPSA) is 89.3 Å². The van der Waals surface area contributed by atoms with Gasteiger partial charge in [-0.3, -0.25) is 4.79 Å². The molecular weight excluding hydrogens is 316 g/mol. The molecule has 1 atom stereocenters. The van der Waals surface area contributed by atoms with Gasteiger partial charge in [0.25, 0.3) is 0 Å². The van der Waals surface area contributed by atoms with Crippen LogP contribution in [0.1, 0.15) is 26.0 Å². The van der Waals surface area contributed by atoms with E-state index in [1.807, 2.05) is 37.3 Å². The first-order valence-electron chi connectivity index (χ1n) is 7.44. The average Bonchev–Trinajstić information content (AvgIpc) is 3.00. The van der Waals surface area contributed by atoms with E-state index in [-0.39, 0.29) is 5.75 Å². The van der Waals surface area contributed by atoms with Crippen LogP contribution in [0.15, 0.2) is 40.9 Å². The summed E-state index contributed by atoms with van der Waals surface area (Å²) in [5.74, 6) is -0.318. The minimum atomic E-state index is -3.65. The largest absolute Gasteiger partial charge is 0.356 e. The third-order valence-electron chi connectivity index (χ3n) is 3.42. The molecule has 1 aromatic carbocycles. The van der Waals surface area contributed by atoms with E-state index < -0.39 is 21.0 Å². The molecule has 2 rings (SSSR count). The Bertz CT molecular complexity index is 753. The molecule has 1 heterocycles. The van der Waals surface area contributed by atoms with Crippen molar-refractivity contribution in [3.63, 3.8) is 0 Å². The van der Waals surface area contributed by atoms with Crippen molar-refractivity contribution in [1.82, 2.24) is 10.5 Å². The zero-order valence-electron chi connectivity index (χ0n) is 13.2. The molecule has 23 heavy (non-hydrogen) atoms. The molecule has 1 N–H and O–H groups in total. The number of sulfone groups is 1. The van der Waals surface area contributed by atoms with Crippen molar-refractivity contribution >= 4 is 15.7 Å². The molecule has 0 aliphatic rings. The second-order valence-corrected chi connectivity index (χ2v) is 7.61. The van der Waals surface area contributed by atoms with E-state index in [0.29, 0.717) is 18.0 Å². The molecule has 1 amide bonds. The Balaban J connectivity index is 2.09. The van der Waals surface area contributed by atoms with Crippen LogP contribution in [0.3, 0.4) is 0 Å². The lowest BCUT2D eigenvalue weighted by Gasteiger charge is -2.11. The number of nitrogens with one attached hydrogen (secondary N) is 1. The fraction of sp³-hybridized carbons (Fsp3) is 0.375. The Labute approximate surface area is 135 Å². The number of hydrogen-bond donors (Lipinski definition) is 1. The van der Waals surface area contributed by atoms with E-state index in [0.717, 1.165) is 12.0 Å². The SMILES string of the molecule is CCCNC(=O)[C@@H](C)S(=O)(=O)Cc1cc(-c2ccccc2)on1. The van der Waals surface area contributed by atoms with Gasteiger partial charge < -0.3 is 9.84 Å². The molecule has 0 aliphatic carbocycles. The Kier molecular flexibility index (Phi) is 5.54. The maximum absolute atomic E-state index is 12.3. The van der Waals surface area contributed by atoms with Crippen LogP contribution in [-0.4, -0.2) is 31.3 Å². The van der Waals surface area contributed by atoms with Gasteiger partial charge in [-0.1, -0.05) is 42.4 Å². The van der Waals surface area contributed by atoms with Crippen molar-refractivity contribution in [3.05, 3.63) is 42.1 Å². The number of carbonyl (C=O) groups excluding carboxylic acids is 1. The third-order valence-corrected chi connectivity index (χ3v) is 5.41. The molecule has 0 unspecified atom stereocenters. The molecule has 0 fully saturated rings. The Morgan fingerprint density at radius 1 is 1.30 bits per heavy atom. The molecule has 0 saturated heterocycles. The van der Waals surface area contributed by atoms with E-state index in [2.05, 4.69) is 10.5 Å². The fourth-order valence-corrected chi connectivity index (χ4v) is 3.21. The number of rotatable bonds is 7. The van der Waals surface area contributed by atoms with Crippen molar-refractivity contribution in [2.24, 2.45) is 0 Å². The van der Waals surface area contributed by atoms with E-state index in [1.165, 1.54) is 6.92 Å². The van der Waals surface area contributed by atoms with Crippen LogP contribution in [0, 0.1) is 0 Å². The molecule has 0 radical (unpaired) electrons. The summed E-state index contributed by atoms with van der Waals surface area (Å²) in [6.45, 7) is 3.75. The Morgan fingerprint density at radius 3 is 2.65 bits per heavy atom. The lowest BCUT2D eigenvalue weighted by Crippen LogP contribution is -2.38. The molecule has 0 bridgehead atoms. The maximum atomic E-state index is 12.3. The molecule has 7 heteroatoms. The Hall–Kier alpha value is -2.15. The highest BCUT2D eigenvalue weighted by Crippen LogP contribution is 2.21. The van der Waals surface area contributed by atoms with E-state index >= 15 is 0 Å². The summed E-state index contributed by atoms with van der Waals surface area (Å²) in [5, 5.41) is 5.27. The summed E-state index contributed by atoms with van der Waals surface area (Å²) >= 11 is 0. The predicted octanol–water partition coefficient (Wildman–Crippen LogP) is 2.17. The standard InChI is InChI=1S/C16H20N2O4S/c1-3-9-17-16(19)12(2)23(20,21)11-14-10-15(22-18-14)13-7-5-4-6-8-13/h4-8,10,12H,3,9,11H2,1-2H3,(H,17,19)/t12-/m1/s1. The van der Waals surface area contributed by atoms with Gasteiger partial charge in [0.1, 0.15) is 5.25 Å². The summed E-state index contributed by atoms with van der Waals surface area (Å²) in [6, 6.07) is 10.9. The molecule has 0 aliphatic heterocycles. The minimum absolute atomic E-state index is 0.291. The van der Waals surface area contributed by atoms with Crippen molar-refractivity contribution < 1.29 is 17.7 Å². The average molecular weight is 336 g/mol. The van der Waals surface area contributed by atoms with Gasteiger partial charge in [-0.05, 0) is 13.3 Å². The highest BCUT2D eigenvalue weighted by Gasteiger charge is 2.29. The summed E-state index contributed by atoms with van der Waals surface area (Å²) in [4.78, 5) is 11.8. The maximum Gasteiger partial charge on any atom is 0.238 e. The lowest BCUT2D eigenvalue weighted by atomic mass is 10.2. The normalized spacial score (nSPS) is 12.8. The molecule has 0 spiro atoms. The first-order chi connectivity index (χ1) is 10.9. The number of benzene rings is 1. The quantitative estimate of drug-likeness (QED) is 0.837. The summed E-state index contributed by atoms with van der Waals surface area (Å²) in [5.41, 5.74) is 1.11. The third kappa shape index (κ3) is 4.41. The highest BCUT2D eigenvalue weighted by molar-refractivity contribution is 7.92. The first kappa shape index (κ1) is 17.2. The second-order valence-electron chi connectivity index (χ2n) is 5.29. The molecule has 1 aromatic heterocycles. The van der Waals surface area contributed by atoms with Gasteiger partial charge in [-0.15, -0.1) is 0 Å². The van der Waals surface area contributed by atoms with Gasteiger partial charge in [-0.25, -0.2) is 8.42 Å². The number of hydrogen-bond acceptors (Lipinski definition) is 5. The summed E-state index contributed by atoms with van der Waals surface area (Å²) < 4.78 is 29.8. The second kappa shape index (κ2) is 7.41. The van der Waals surface area contributed by atoms with E-state index in [4.69, 9.17) is 4.52 Å². The van der Waals surface area contributed by atoms with Gasteiger partial charge in [0.05, 0.1) is 11.4 Å². The number of amides is 1. The Morgan fingerprint density at radius 2 is 2.00 bits per heavy atom.